The number of ether oxygens (including phenoxy) is 1. The molecule has 1 unspecified atom stereocenters. The minimum absolute atomic E-state index is 0.0211. The first-order valence-electron chi connectivity index (χ1n) is 6.74. The number of benzene rings is 1. The van der Waals surface area contributed by atoms with Crippen LogP contribution < -0.4 is 0 Å². The van der Waals surface area contributed by atoms with Gasteiger partial charge in [-0.15, -0.1) is 11.6 Å². The molecule has 3 nitrogen and oxygen atoms in total. The Labute approximate surface area is 126 Å². The number of rotatable bonds is 5. The molecule has 1 amide bonds. The van der Waals surface area contributed by atoms with Gasteiger partial charge < -0.3 is 9.64 Å². The SMILES string of the molecule is COCC(Cl)CN(C)C(=O)c1ccc(C(C)(C)C)cc1. The molecular formula is C16H24ClNO2. The van der Waals surface area contributed by atoms with Gasteiger partial charge in [-0.3, -0.25) is 4.79 Å². The highest BCUT2D eigenvalue weighted by molar-refractivity contribution is 6.21. The number of alkyl halides is 1. The predicted molar refractivity (Wildman–Crippen MR) is 83.6 cm³/mol. The van der Waals surface area contributed by atoms with Gasteiger partial charge in [0.2, 0.25) is 0 Å². The second kappa shape index (κ2) is 7.09. The van der Waals surface area contributed by atoms with Crippen LogP contribution in [0.15, 0.2) is 24.3 Å². The zero-order valence-corrected chi connectivity index (χ0v) is 13.7. The summed E-state index contributed by atoms with van der Waals surface area (Å²) in [6.07, 6.45) is 0. The molecule has 112 valence electrons. The predicted octanol–water partition coefficient (Wildman–Crippen LogP) is 3.31. The fourth-order valence-electron chi connectivity index (χ4n) is 1.95. The van der Waals surface area contributed by atoms with Crippen molar-refractivity contribution >= 4 is 17.5 Å². The van der Waals surface area contributed by atoms with E-state index >= 15 is 0 Å². The van der Waals surface area contributed by atoms with E-state index in [2.05, 4.69) is 20.8 Å². The third-order valence-corrected chi connectivity index (χ3v) is 3.43. The first kappa shape index (κ1) is 17.0. The first-order chi connectivity index (χ1) is 9.25. The minimum Gasteiger partial charge on any atom is -0.383 e. The molecule has 1 rings (SSSR count). The smallest absolute Gasteiger partial charge is 0.253 e. The number of amides is 1. The van der Waals surface area contributed by atoms with E-state index in [0.29, 0.717) is 18.7 Å². The molecule has 0 aliphatic rings. The fourth-order valence-corrected chi connectivity index (χ4v) is 2.28. The van der Waals surface area contributed by atoms with E-state index in [1.165, 1.54) is 5.56 Å². The van der Waals surface area contributed by atoms with Gasteiger partial charge in [-0.2, -0.15) is 0 Å². The maximum absolute atomic E-state index is 12.3. The van der Waals surface area contributed by atoms with Crippen LogP contribution in [-0.2, 0) is 10.2 Å². The van der Waals surface area contributed by atoms with Crippen LogP contribution in [0.2, 0.25) is 0 Å². The molecule has 0 aliphatic heterocycles. The lowest BCUT2D eigenvalue weighted by atomic mass is 9.86. The standard InChI is InChI=1S/C16H24ClNO2/c1-16(2,3)13-8-6-12(7-9-13)15(19)18(4)10-14(17)11-20-5/h6-9,14H,10-11H2,1-5H3. The Balaban J connectivity index is 2.72. The molecule has 0 bridgehead atoms. The largest absolute Gasteiger partial charge is 0.383 e. The molecule has 0 heterocycles. The lowest BCUT2D eigenvalue weighted by Gasteiger charge is -2.22. The summed E-state index contributed by atoms with van der Waals surface area (Å²) in [7, 11) is 3.35. The topological polar surface area (TPSA) is 29.5 Å². The van der Waals surface area contributed by atoms with Crippen LogP contribution in [0.5, 0.6) is 0 Å². The molecule has 4 heteroatoms. The van der Waals surface area contributed by atoms with Crippen LogP contribution in [0.4, 0.5) is 0 Å². The monoisotopic (exact) mass is 297 g/mol. The molecule has 0 spiro atoms. The second-order valence-electron chi connectivity index (χ2n) is 6.07. The van der Waals surface area contributed by atoms with Gasteiger partial charge in [0.25, 0.3) is 5.91 Å². The third kappa shape index (κ3) is 4.80. The number of carbonyl (C=O) groups excluding carboxylic acids is 1. The van der Waals surface area contributed by atoms with Gasteiger partial charge >= 0.3 is 0 Å². The summed E-state index contributed by atoms with van der Waals surface area (Å²) in [5.74, 6) is -0.0211. The summed E-state index contributed by atoms with van der Waals surface area (Å²) in [6, 6.07) is 7.76. The van der Waals surface area contributed by atoms with Gasteiger partial charge in [0.05, 0.1) is 12.0 Å². The number of hydrogen-bond acceptors (Lipinski definition) is 2. The molecule has 20 heavy (non-hydrogen) atoms. The zero-order valence-electron chi connectivity index (χ0n) is 12.9. The summed E-state index contributed by atoms with van der Waals surface area (Å²) in [6.45, 7) is 7.35. The van der Waals surface area contributed by atoms with Crippen molar-refractivity contribution < 1.29 is 9.53 Å². The summed E-state index contributed by atoms with van der Waals surface area (Å²) < 4.78 is 4.97. The van der Waals surface area contributed by atoms with E-state index < -0.39 is 0 Å². The van der Waals surface area contributed by atoms with Gasteiger partial charge in [-0.25, -0.2) is 0 Å². The summed E-state index contributed by atoms with van der Waals surface area (Å²) in [5, 5.41) is -0.192. The molecule has 0 fully saturated rings. The maximum atomic E-state index is 12.3. The summed E-state index contributed by atoms with van der Waals surface area (Å²) >= 11 is 6.07. The van der Waals surface area contributed by atoms with Crippen molar-refractivity contribution in [3.63, 3.8) is 0 Å². The van der Waals surface area contributed by atoms with Crippen molar-refractivity contribution in [3.05, 3.63) is 35.4 Å². The lowest BCUT2D eigenvalue weighted by molar-refractivity contribution is 0.0781. The fraction of sp³-hybridized carbons (Fsp3) is 0.562. The molecule has 0 radical (unpaired) electrons. The number of nitrogens with zero attached hydrogens (tertiary/aromatic N) is 1. The van der Waals surface area contributed by atoms with Crippen molar-refractivity contribution in [1.29, 1.82) is 0 Å². The van der Waals surface area contributed by atoms with E-state index in [1.54, 1.807) is 19.1 Å². The highest BCUT2D eigenvalue weighted by Gasteiger charge is 2.17. The van der Waals surface area contributed by atoms with Crippen LogP contribution in [0.3, 0.4) is 0 Å². The van der Waals surface area contributed by atoms with Gasteiger partial charge in [0.1, 0.15) is 0 Å². The maximum Gasteiger partial charge on any atom is 0.253 e. The van der Waals surface area contributed by atoms with E-state index in [-0.39, 0.29) is 16.7 Å². The van der Waals surface area contributed by atoms with E-state index in [1.807, 2.05) is 24.3 Å². The zero-order chi connectivity index (χ0) is 15.3. The molecule has 1 aromatic rings. The number of halogens is 1. The van der Waals surface area contributed by atoms with E-state index in [0.717, 1.165) is 0 Å². The highest BCUT2D eigenvalue weighted by atomic mass is 35.5. The van der Waals surface area contributed by atoms with Gasteiger partial charge in [0, 0.05) is 26.3 Å². The highest BCUT2D eigenvalue weighted by Crippen LogP contribution is 2.22. The Kier molecular flexibility index (Phi) is 6.03. The summed E-state index contributed by atoms with van der Waals surface area (Å²) in [4.78, 5) is 13.9. The van der Waals surface area contributed by atoms with Gasteiger partial charge in [-0.1, -0.05) is 32.9 Å². The van der Waals surface area contributed by atoms with Crippen LogP contribution in [-0.4, -0.2) is 43.5 Å². The van der Waals surface area contributed by atoms with Crippen molar-refractivity contribution in [2.75, 3.05) is 27.3 Å². The molecule has 1 atom stereocenters. The quantitative estimate of drug-likeness (QED) is 0.780. The number of hydrogen-bond donors (Lipinski definition) is 0. The lowest BCUT2D eigenvalue weighted by Crippen LogP contribution is -2.34. The third-order valence-electron chi connectivity index (χ3n) is 3.16. The molecule has 0 N–H and O–H groups in total. The molecule has 0 saturated heterocycles. The normalized spacial score (nSPS) is 13.1. The Hall–Kier alpha value is -1.06. The van der Waals surface area contributed by atoms with Crippen molar-refractivity contribution in [2.24, 2.45) is 0 Å². The van der Waals surface area contributed by atoms with Crippen LogP contribution in [0.1, 0.15) is 36.7 Å². The Bertz CT molecular complexity index is 437. The number of methoxy groups -OCH3 is 1. The van der Waals surface area contributed by atoms with E-state index in [9.17, 15) is 4.79 Å². The summed E-state index contributed by atoms with van der Waals surface area (Å²) in [5.41, 5.74) is 1.99. The Morgan fingerprint density at radius 3 is 2.30 bits per heavy atom. The van der Waals surface area contributed by atoms with Crippen LogP contribution >= 0.6 is 11.6 Å². The first-order valence-corrected chi connectivity index (χ1v) is 7.18. The molecular weight excluding hydrogens is 274 g/mol. The van der Waals surface area contributed by atoms with Gasteiger partial charge in [0.15, 0.2) is 0 Å². The van der Waals surface area contributed by atoms with Crippen molar-refractivity contribution in [1.82, 2.24) is 4.90 Å². The molecule has 0 aromatic heterocycles. The van der Waals surface area contributed by atoms with Crippen LogP contribution in [0, 0.1) is 0 Å². The van der Waals surface area contributed by atoms with Crippen molar-refractivity contribution in [3.8, 4) is 0 Å². The van der Waals surface area contributed by atoms with Crippen LogP contribution in [0.25, 0.3) is 0 Å². The van der Waals surface area contributed by atoms with E-state index in [4.69, 9.17) is 16.3 Å². The molecule has 1 aromatic carbocycles. The molecule has 0 saturated carbocycles. The minimum atomic E-state index is -0.192. The Morgan fingerprint density at radius 1 is 1.30 bits per heavy atom. The van der Waals surface area contributed by atoms with Gasteiger partial charge in [-0.05, 0) is 23.1 Å². The van der Waals surface area contributed by atoms with Crippen molar-refractivity contribution in [2.45, 2.75) is 31.6 Å². The molecule has 0 aliphatic carbocycles. The second-order valence-corrected chi connectivity index (χ2v) is 6.68. The Morgan fingerprint density at radius 2 is 1.85 bits per heavy atom. The average Bonchev–Trinajstić information content (AvgIpc) is 2.37. The average molecular weight is 298 g/mol. The number of carbonyl (C=O) groups is 1.